The first-order chi connectivity index (χ1) is 15.5. The number of amides is 1. The van der Waals surface area contributed by atoms with Gasteiger partial charge in [0.15, 0.2) is 0 Å². The molecule has 1 aromatic heterocycles. The zero-order chi connectivity index (χ0) is 22.5. The van der Waals surface area contributed by atoms with E-state index in [1.54, 1.807) is 12.1 Å². The Morgan fingerprint density at radius 1 is 1.16 bits per heavy atom. The maximum atomic E-state index is 12.5. The number of halogens is 1. The lowest BCUT2D eigenvalue weighted by molar-refractivity contribution is -0.115. The highest BCUT2D eigenvalue weighted by atomic mass is 35.5. The van der Waals surface area contributed by atoms with Crippen molar-refractivity contribution in [2.75, 3.05) is 43.4 Å². The van der Waals surface area contributed by atoms with Gasteiger partial charge in [-0.15, -0.1) is 11.3 Å². The van der Waals surface area contributed by atoms with E-state index in [1.165, 1.54) is 22.6 Å². The minimum absolute atomic E-state index is 0.0767. The van der Waals surface area contributed by atoms with E-state index in [2.05, 4.69) is 40.1 Å². The van der Waals surface area contributed by atoms with Gasteiger partial charge in [0.2, 0.25) is 5.91 Å². The molecule has 0 bridgehead atoms. The number of ether oxygens (including phenoxy) is 1. The lowest BCUT2D eigenvalue weighted by atomic mass is 10.1. The Kier molecular flexibility index (Phi) is 7.29. The molecule has 2 heterocycles. The number of carbonyl (C=O) groups excluding carboxylic acids is 1. The highest BCUT2D eigenvalue weighted by molar-refractivity contribution is 7.09. The number of likely N-dealkylation sites (N-methyl/N-ethyl adjacent to an activating group) is 1. The smallest absolute Gasteiger partial charge is 0.230 e. The number of rotatable bonds is 7. The lowest BCUT2D eigenvalue weighted by Crippen LogP contribution is -2.44. The van der Waals surface area contributed by atoms with Gasteiger partial charge in [0, 0.05) is 48.0 Å². The predicted molar refractivity (Wildman–Crippen MR) is 131 cm³/mol. The van der Waals surface area contributed by atoms with E-state index in [-0.39, 0.29) is 12.3 Å². The van der Waals surface area contributed by atoms with Gasteiger partial charge in [-0.05, 0) is 62.0 Å². The van der Waals surface area contributed by atoms with E-state index in [0.29, 0.717) is 11.6 Å². The van der Waals surface area contributed by atoms with Crippen molar-refractivity contribution in [3.05, 3.63) is 69.1 Å². The van der Waals surface area contributed by atoms with Crippen molar-refractivity contribution in [3.8, 4) is 5.75 Å². The molecule has 1 fully saturated rings. The molecule has 0 spiro atoms. The molecule has 32 heavy (non-hydrogen) atoms. The van der Waals surface area contributed by atoms with Gasteiger partial charge in [-0.25, -0.2) is 4.98 Å². The second kappa shape index (κ2) is 10.3. The largest absolute Gasteiger partial charge is 0.486 e. The first kappa shape index (κ1) is 22.6. The molecule has 6 nitrogen and oxygen atoms in total. The Morgan fingerprint density at radius 2 is 1.91 bits per heavy atom. The molecule has 0 aliphatic carbocycles. The molecule has 3 aromatic rings. The summed E-state index contributed by atoms with van der Waals surface area (Å²) in [6.45, 7) is 6.64. The fourth-order valence-electron chi connectivity index (χ4n) is 3.68. The Labute approximate surface area is 197 Å². The average molecular weight is 471 g/mol. The Hall–Kier alpha value is -2.61. The molecule has 1 saturated heterocycles. The van der Waals surface area contributed by atoms with Crippen molar-refractivity contribution in [1.82, 2.24) is 9.88 Å². The van der Waals surface area contributed by atoms with Crippen molar-refractivity contribution in [3.63, 3.8) is 0 Å². The molecule has 4 rings (SSSR count). The fourth-order valence-corrected chi connectivity index (χ4v) is 4.51. The van der Waals surface area contributed by atoms with Crippen LogP contribution in [0.1, 0.15) is 16.3 Å². The number of piperazine rings is 1. The molecule has 0 atom stereocenters. The predicted octanol–water partition coefficient (Wildman–Crippen LogP) is 4.62. The second-order valence-corrected chi connectivity index (χ2v) is 9.37. The fraction of sp³-hybridized carbons (Fsp3) is 0.333. The van der Waals surface area contributed by atoms with Gasteiger partial charge >= 0.3 is 0 Å². The second-order valence-electron chi connectivity index (χ2n) is 7.99. The van der Waals surface area contributed by atoms with Crippen LogP contribution in [0.5, 0.6) is 5.75 Å². The monoisotopic (exact) mass is 470 g/mol. The molecule has 1 aliphatic rings. The maximum absolute atomic E-state index is 12.5. The Balaban J connectivity index is 1.29. The lowest BCUT2D eigenvalue weighted by Gasteiger charge is -2.35. The zero-order valence-corrected chi connectivity index (χ0v) is 19.9. The van der Waals surface area contributed by atoms with E-state index in [9.17, 15) is 4.79 Å². The van der Waals surface area contributed by atoms with Crippen molar-refractivity contribution in [1.29, 1.82) is 0 Å². The summed E-state index contributed by atoms with van der Waals surface area (Å²) in [4.78, 5) is 21.8. The van der Waals surface area contributed by atoms with Crippen molar-refractivity contribution in [2.24, 2.45) is 0 Å². The van der Waals surface area contributed by atoms with Crippen molar-refractivity contribution in [2.45, 2.75) is 20.0 Å². The number of hydrogen-bond donors (Lipinski definition) is 1. The van der Waals surface area contributed by atoms with Crippen LogP contribution in [0.4, 0.5) is 11.4 Å². The van der Waals surface area contributed by atoms with E-state index in [4.69, 9.17) is 16.3 Å². The Morgan fingerprint density at radius 3 is 2.62 bits per heavy atom. The average Bonchev–Trinajstić information content (AvgIpc) is 3.21. The van der Waals surface area contributed by atoms with Crippen molar-refractivity contribution < 1.29 is 9.53 Å². The number of aryl methyl sites for hydroxylation is 1. The van der Waals surface area contributed by atoms with Gasteiger partial charge in [0.05, 0.1) is 12.1 Å². The number of hydrogen-bond acceptors (Lipinski definition) is 6. The van der Waals surface area contributed by atoms with Crippen LogP contribution in [0, 0.1) is 6.92 Å². The summed E-state index contributed by atoms with van der Waals surface area (Å²) in [6.07, 6.45) is 0.233. The standard InChI is InChI=1S/C24H27ClN4O2S/c1-17-13-19(5-8-22(17)29-11-9-28(2)10-12-29)26-23(30)14-20-16-32-24(27-20)15-31-21-6-3-18(25)4-7-21/h3-8,13,16H,9-12,14-15H2,1-2H3,(H,26,30). The first-order valence-electron chi connectivity index (χ1n) is 10.6. The van der Waals surface area contributed by atoms with Crippen LogP contribution < -0.4 is 15.0 Å². The summed E-state index contributed by atoms with van der Waals surface area (Å²) in [5.41, 5.74) is 3.96. The molecule has 0 radical (unpaired) electrons. The zero-order valence-electron chi connectivity index (χ0n) is 18.3. The third-order valence-corrected chi connectivity index (χ3v) is 6.56. The number of thiazole rings is 1. The summed E-state index contributed by atoms with van der Waals surface area (Å²) < 4.78 is 5.72. The van der Waals surface area contributed by atoms with Gasteiger partial charge in [0.1, 0.15) is 17.4 Å². The first-order valence-corrected chi connectivity index (χ1v) is 11.9. The third kappa shape index (κ3) is 6.00. The normalized spacial score (nSPS) is 14.4. The minimum atomic E-state index is -0.0767. The number of anilines is 2. The molecule has 1 aliphatic heterocycles. The molecule has 0 saturated carbocycles. The molecule has 1 N–H and O–H groups in total. The molecule has 1 amide bonds. The summed E-state index contributed by atoms with van der Waals surface area (Å²) in [5, 5.41) is 6.40. The van der Waals surface area contributed by atoms with Crippen LogP contribution in [0.3, 0.4) is 0 Å². The minimum Gasteiger partial charge on any atom is -0.486 e. The SMILES string of the molecule is Cc1cc(NC(=O)Cc2csc(COc3ccc(Cl)cc3)n2)ccc1N1CCN(C)CC1. The number of aromatic nitrogens is 1. The molecule has 168 valence electrons. The molecule has 2 aromatic carbocycles. The van der Waals surface area contributed by atoms with Gasteiger partial charge in [-0.3, -0.25) is 4.79 Å². The van der Waals surface area contributed by atoms with Crippen LogP contribution in [-0.2, 0) is 17.8 Å². The number of carbonyl (C=O) groups is 1. The quantitative estimate of drug-likeness (QED) is 0.546. The summed E-state index contributed by atoms with van der Waals surface area (Å²) in [7, 11) is 2.15. The van der Waals surface area contributed by atoms with E-state index >= 15 is 0 Å². The summed E-state index contributed by atoms with van der Waals surface area (Å²) in [5.74, 6) is 0.659. The summed E-state index contributed by atoms with van der Waals surface area (Å²) >= 11 is 7.38. The maximum Gasteiger partial charge on any atom is 0.230 e. The number of benzene rings is 2. The van der Waals surface area contributed by atoms with Crippen LogP contribution >= 0.6 is 22.9 Å². The van der Waals surface area contributed by atoms with Crippen LogP contribution in [0.2, 0.25) is 5.02 Å². The highest BCUT2D eigenvalue weighted by Gasteiger charge is 2.16. The van der Waals surface area contributed by atoms with Gasteiger partial charge in [0.25, 0.3) is 0 Å². The molecular formula is C24H27ClN4O2S. The topological polar surface area (TPSA) is 57.7 Å². The van der Waals surface area contributed by atoms with Crippen LogP contribution in [-0.4, -0.2) is 49.0 Å². The van der Waals surface area contributed by atoms with Crippen molar-refractivity contribution >= 4 is 40.2 Å². The van der Waals surface area contributed by atoms with Crippen LogP contribution in [0.15, 0.2) is 47.8 Å². The number of nitrogens with zero attached hydrogens (tertiary/aromatic N) is 3. The van der Waals surface area contributed by atoms with Crippen LogP contribution in [0.25, 0.3) is 0 Å². The third-order valence-electron chi connectivity index (χ3n) is 5.44. The molecular weight excluding hydrogens is 444 g/mol. The molecule has 0 unspecified atom stereocenters. The van der Waals surface area contributed by atoms with E-state index in [0.717, 1.165) is 48.3 Å². The highest BCUT2D eigenvalue weighted by Crippen LogP contribution is 2.25. The van der Waals surface area contributed by atoms with E-state index in [1.807, 2.05) is 29.6 Å². The summed E-state index contributed by atoms with van der Waals surface area (Å²) in [6, 6.07) is 13.3. The van der Waals surface area contributed by atoms with E-state index < -0.39 is 0 Å². The molecule has 8 heteroatoms. The van der Waals surface area contributed by atoms with Gasteiger partial charge in [-0.2, -0.15) is 0 Å². The number of nitrogens with one attached hydrogen (secondary N) is 1. The van der Waals surface area contributed by atoms with Gasteiger partial charge < -0.3 is 19.9 Å². The van der Waals surface area contributed by atoms with Gasteiger partial charge in [-0.1, -0.05) is 11.6 Å². The Bertz CT molecular complexity index is 1060.